The molecule has 0 bridgehead atoms. The van der Waals surface area contributed by atoms with Gasteiger partial charge in [0, 0.05) is 43.2 Å². The number of rotatable bonds is 3. The van der Waals surface area contributed by atoms with Crippen LogP contribution in [0.4, 0.5) is 0 Å². The number of benzene rings is 1. The molecule has 1 aromatic heterocycles. The Bertz CT molecular complexity index is 561. The Labute approximate surface area is 124 Å². The maximum absolute atomic E-state index is 4.80. The Hall–Kier alpha value is -1.23. The van der Waals surface area contributed by atoms with Crippen LogP contribution in [0.25, 0.3) is 10.6 Å². The van der Waals surface area contributed by atoms with E-state index in [4.69, 9.17) is 4.98 Å². The number of piperazine rings is 1. The Kier molecular flexibility index (Phi) is 4.15. The number of nitrogens with zero attached hydrogens (tertiary/aromatic N) is 2. The predicted octanol–water partition coefficient (Wildman–Crippen LogP) is 2.91. The molecule has 0 aliphatic carbocycles. The molecule has 2 aromatic rings. The van der Waals surface area contributed by atoms with Crippen molar-refractivity contribution in [1.29, 1.82) is 0 Å². The van der Waals surface area contributed by atoms with E-state index >= 15 is 0 Å². The first kappa shape index (κ1) is 13.7. The van der Waals surface area contributed by atoms with Gasteiger partial charge in [-0.05, 0) is 13.8 Å². The minimum absolute atomic E-state index is 0.591. The van der Waals surface area contributed by atoms with Crippen LogP contribution in [0, 0.1) is 6.92 Å². The molecule has 1 saturated heterocycles. The summed E-state index contributed by atoms with van der Waals surface area (Å²) in [7, 11) is 0. The van der Waals surface area contributed by atoms with Crippen LogP contribution in [0.1, 0.15) is 18.2 Å². The van der Waals surface area contributed by atoms with Gasteiger partial charge in [-0.1, -0.05) is 29.8 Å². The molecule has 1 N–H and O–H groups in total. The van der Waals surface area contributed by atoms with Gasteiger partial charge in [-0.3, -0.25) is 4.90 Å². The predicted molar refractivity (Wildman–Crippen MR) is 85.0 cm³/mol. The van der Waals surface area contributed by atoms with Crippen LogP contribution in [-0.2, 0) is 6.54 Å². The molecule has 3 rings (SSSR count). The van der Waals surface area contributed by atoms with E-state index in [0.29, 0.717) is 6.04 Å². The molecule has 1 aliphatic heterocycles. The Balaban J connectivity index is 1.71. The second-order valence-electron chi connectivity index (χ2n) is 5.53. The van der Waals surface area contributed by atoms with Crippen molar-refractivity contribution < 1.29 is 0 Å². The molecule has 0 radical (unpaired) electrons. The molecular weight excluding hydrogens is 266 g/mol. The molecular formula is C16H21N3S. The van der Waals surface area contributed by atoms with Gasteiger partial charge in [0.05, 0.1) is 5.69 Å². The Morgan fingerprint density at radius 3 is 2.90 bits per heavy atom. The lowest BCUT2D eigenvalue weighted by Crippen LogP contribution is -2.49. The standard InChI is InChI=1S/C16H21N3S/c1-12-3-5-14(6-4-12)16-18-15(11-20-16)10-19-8-7-17-9-13(19)2/h3-6,11,13,17H,7-10H2,1-2H3/t13-/m1/s1. The number of hydrogen-bond acceptors (Lipinski definition) is 4. The number of aromatic nitrogens is 1. The summed E-state index contributed by atoms with van der Waals surface area (Å²) in [6.45, 7) is 8.63. The first-order valence-electron chi connectivity index (χ1n) is 7.18. The van der Waals surface area contributed by atoms with Gasteiger partial charge in [-0.2, -0.15) is 0 Å². The molecule has 4 heteroatoms. The number of hydrogen-bond donors (Lipinski definition) is 1. The van der Waals surface area contributed by atoms with Gasteiger partial charge in [-0.15, -0.1) is 11.3 Å². The fourth-order valence-electron chi connectivity index (χ4n) is 2.53. The van der Waals surface area contributed by atoms with E-state index in [1.165, 1.54) is 16.8 Å². The Morgan fingerprint density at radius 1 is 1.35 bits per heavy atom. The van der Waals surface area contributed by atoms with Crippen molar-refractivity contribution in [2.45, 2.75) is 26.4 Å². The normalized spacial score (nSPS) is 20.2. The van der Waals surface area contributed by atoms with Gasteiger partial charge in [0.25, 0.3) is 0 Å². The summed E-state index contributed by atoms with van der Waals surface area (Å²) in [5.41, 5.74) is 3.71. The summed E-state index contributed by atoms with van der Waals surface area (Å²) < 4.78 is 0. The molecule has 106 valence electrons. The van der Waals surface area contributed by atoms with Crippen molar-refractivity contribution in [3.05, 3.63) is 40.9 Å². The number of nitrogens with one attached hydrogen (secondary N) is 1. The highest BCUT2D eigenvalue weighted by Gasteiger charge is 2.18. The summed E-state index contributed by atoms with van der Waals surface area (Å²) in [6, 6.07) is 9.20. The zero-order valence-electron chi connectivity index (χ0n) is 12.1. The zero-order chi connectivity index (χ0) is 13.9. The van der Waals surface area contributed by atoms with Crippen molar-refractivity contribution in [1.82, 2.24) is 15.2 Å². The molecule has 0 saturated carbocycles. The van der Waals surface area contributed by atoms with Crippen LogP contribution in [-0.4, -0.2) is 35.6 Å². The second kappa shape index (κ2) is 6.04. The van der Waals surface area contributed by atoms with Crippen molar-refractivity contribution in [3.8, 4) is 10.6 Å². The van der Waals surface area contributed by atoms with Gasteiger partial charge in [0.2, 0.25) is 0 Å². The molecule has 1 fully saturated rings. The van der Waals surface area contributed by atoms with Crippen LogP contribution in [0.2, 0.25) is 0 Å². The average molecular weight is 287 g/mol. The van der Waals surface area contributed by atoms with E-state index in [0.717, 1.165) is 31.2 Å². The third-order valence-electron chi connectivity index (χ3n) is 3.85. The molecule has 2 heterocycles. The van der Waals surface area contributed by atoms with E-state index in [1.807, 2.05) is 0 Å². The quantitative estimate of drug-likeness (QED) is 0.941. The third kappa shape index (κ3) is 3.08. The number of aryl methyl sites for hydroxylation is 1. The monoisotopic (exact) mass is 287 g/mol. The smallest absolute Gasteiger partial charge is 0.123 e. The summed E-state index contributed by atoms with van der Waals surface area (Å²) in [5, 5.41) is 6.75. The largest absolute Gasteiger partial charge is 0.314 e. The summed E-state index contributed by atoms with van der Waals surface area (Å²) >= 11 is 1.74. The van der Waals surface area contributed by atoms with Gasteiger partial charge >= 0.3 is 0 Å². The molecule has 1 aliphatic rings. The molecule has 20 heavy (non-hydrogen) atoms. The number of thiazole rings is 1. The van der Waals surface area contributed by atoms with Crippen LogP contribution in [0.5, 0.6) is 0 Å². The molecule has 1 aromatic carbocycles. The molecule has 0 amide bonds. The first-order chi connectivity index (χ1) is 9.72. The lowest BCUT2D eigenvalue weighted by Gasteiger charge is -2.33. The van der Waals surface area contributed by atoms with Crippen LogP contribution < -0.4 is 5.32 Å². The van der Waals surface area contributed by atoms with Gasteiger partial charge in [0.1, 0.15) is 5.01 Å². The summed E-state index contributed by atoms with van der Waals surface area (Å²) in [4.78, 5) is 7.30. The van der Waals surface area contributed by atoms with E-state index in [1.54, 1.807) is 11.3 Å². The highest BCUT2D eigenvalue weighted by atomic mass is 32.1. The lowest BCUT2D eigenvalue weighted by molar-refractivity contribution is 0.164. The summed E-state index contributed by atoms with van der Waals surface area (Å²) in [6.07, 6.45) is 0. The molecule has 0 spiro atoms. The zero-order valence-corrected chi connectivity index (χ0v) is 12.9. The topological polar surface area (TPSA) is 28.2 Å². The average Bonchev–Trinajstić information content (AvgIpc) is 2.91. The van der Waals surface area contributed by atoms with E-state index in [-0.39, 0.29) is 0 Å². The van der Waals surface area contributed by atoms with E-state index in [2.05, 4.69) is 53.7 Å². The SMILES string of the molecule is Cc1ccc(-c2nc(CN3CCNC[C@H]3C)cs2)cc1. The molecule has 0 unspecified atom stereocenters. The van der Waals surface area contributed by atoms with E-state index in [9.17, 15) is 0 Å². The second-order valence-corrected chi connectivity index (χ2v) is 6.39. The van der Waals surface area contributed by atoms with Crippen LogP contribution in [0.3, 0.4) is 0 Å². The Morgan fingerprint density at radius 2 is 2.15 bits per heavy atom. The van der Waals surface area contributed by atoms with Gasteiger partial charge in [0.15, 0.2) is 0 Å². The maximum Gasteiger partial charge on any atom is 0.123 e. The summed E-state index contributed by atoms with van der Waals surface area (Å²) in [5.74, 6) is 0. The highest BCUT2D eigenvalue weighted by molar-refractivity contribution is 7.13. The van der Waals surface area contributed by atoms with Gasteiger partial charge < -0.3 is 5.32 Å². The van der Waals surface area contributed by atoms with E-state index < -0.39 is 0 Å². The fourth-order valence-corrected chi connectivity index (χ4v) is 3.35. The minimum Gasteiger partial charge on any atom is -0.314 e. The molecule has 3 nitrogen and oxygen atoms in total. The molecule has 1 atom stereocenters. The van der Waals surface area contributed by atoms with Crippen molar-refractivity contribution in [2.75, 3.05) is 19.6 Å². The fraction of sp³-hybridized carbons (Fsp3) is 0.438. The van der Waals surface area contributed by atoms with Gasteiger partial charge in [-0.25, -0.2) is 4.98 Å². The third-order valence-corrected chi connectivity index (χ3v) is 4.79. The van der Waals surface area contributed by atoms with Crippen LogP contribution >= 0.6 is 11.3 Å². The van der Waals surface area contributed by atoms with Crippen molar-refractivity contribution in [2.24, 2.45) is 0 Å². The highest BCUT2D eigenvalue weighted by Crippen LogP contribution is 2.24. The lowest BCUT2D eigenvalue weighted by atomic mass is 10.2. The van der Waals surface area contributed by atoms with Crippen LogP contribution in [0.15, 0.2) is 29.6 Å². The van der Waals surface area contributed by atoms with Crippen molar-refractivity contribution in [3.63, 3.8) is 0 Å². The maximum atomic E-state index is 4.80. The van der Waals surface area contributed by atoms with Crippen molar-refractivity contribution >= 4 is 11.3 Å². The first-order valence-corrected chi connectivity index (χ1v) is 8.06. The minimum atomic E-state index is 0.591.